The maximum absolute atomic E-state index is 12.2. The van der Waals surface area contributed by atoms with Gasteiger partial charge in [-0.25, -0.2) is 0 Å². The maximum Gasteiger partial charge on any atom is 0.259 e. The third kappa shape index (κ3) is 3.55. The highest BCUT2D eigenvalue weighted by Crippen LogP contribution is 2.35. The molecule has 0 atom stereocenters. The van der Waals surface area contributed by atoms with Crippen molar-refractivity contribution >= 4 is 23.4 Å². The SMILES string of the molecule is Cc1cc(C(=O)Nc2ccc(SC3CCCC3)cc2)c(C)o1. The van der Waals surface area contributed by atoms with Crippen LogP contribution < -0.4 is 5.32 Å². The van der Waals surface area contributed by atoms with E-state index in [-0.39, 0.29) is 5.91 Å². The summed E-state index contributed by atoms with van der Waals surface area (Å²) in [6, 6.07) is 9.89. The standard InChI is InChI=1S/C18H21NO2S/c1-12-11-17(13(2)21-12)18(20)19-14-7-9-16(10-8-14)22-15-5-3-4-6-15/h7-11,15H,3-6H2,1-2H3,(H,19,20). The number of benzene rings is 1. The normalized spacial score (nSPS) is 15.2. The van der Waals surface area contributed by atoms with E-state index in [1.165, 1.54) is 30.6 Å². The Morgan fingerprint density at radius 3 is 2.45 bits per heavy atom. The van der Waals surface area contributed by atoms with E-state index in [1.807, 2.05) is 37.7 Å². The lowest BCUT2D eigenvalue weighted by Gasteiger charge is -2.09. The molecule has 0 radical (unpaired) electrons. The van der Waals surface area contributed by atoms with Gasteiger partial charge in [0.15, 0.2) is 0 Å². The number of aryl methyl sites for hydroxylation is 2. The number of hydrogen-bond donors (Lipinski definition) is 1. The highest BCUT2D eigenvalue weighted by Gasteiger charge is 2.16. The average Bonchev–Trinajstić information content (AvgIpc) is 3.10. The minimum Gasteiger partial charge on any atom is -0.466 e. The molecule has 2 aromatic rings. The third-order valence-electron chi connectivity index (χ3n) is 4.00. The van der Waals surface area contributed by atoms with Gasteiger partial charge in [0.05, 0.1) is 5.56 Å². The predicted molar refractivity (Wildman–Crippen MR) is 90.7 cm³/mol. The summed E-state index contributed by atoms with van der Waals surface area (Å²) in [5.41, 5.74) is 1.42. The third-order valence-corrected chi connectivity index (χ3v) is 5.35. The molecule has 0 saturated heterocycles. The zero-order valence-electron chi connectivity index (χ0n) is 13.0. The molecule has 1 N–H and O–H groups in total. The minimum absolute atomic E-state index is 0.120. The van der Waals surface area contributed by atoms with E-state index >= 15 is 0 Å². The molecule has 3 nitrogen and oxygen atoms in total. The quantitative estimate of drug-likeness (QED) is 0.845. The summed E-state index contributed by atoms with van der Waals surface area (Å²) >= 11 is 1.95. The van der Waals surface area contributed by atoms with Crippen LogP contribution in [-0.4, -0.2) is 11.2 Å². The molecule has 3 rings (SSSR count). The zero-order valence-corrected chi connectivity index (χ0v) is 13.8. The van der Waals surface area contributed by atoms with Crippen LogP contribution in [0.1, 0.15) is 47.6 Å². The molecule has 4 heteroatoms. The van der Waals surface area contributed by atoms with Gasteiger partial charge in [0.25, 0.3) is 5.91 Å². The van der Waals surface area contributed by atoms with Crippen molar-refractivity contribution in [2.24, 2.45) is 0 Å². The summed E-state index contributed by atoms with van der Waals surface area (Å²) in [6.07, 6.45) is 5.36. The van der Waals surface area contributed by atoms with Gasteiger partial charge in [-0.15, -0.1) is 11.8 Å². The largest absolute Gasteiger partial charge is 0.466 e. The Balaban J connectivity index is 1.63. The number of amides is 1. The van der Waals surface area contributed by atoms with Gasteiger partial charge in [0.1, 0.15) is 11.5 Å². The van der Waals surface area contributed by atoms with Crippen molar-refractivity contribution in [3.63, 3.8) is 0 Å². The fourth-order valence-electron chi connectivity index (χ4n) is 2.87. The minimum atomic E-state index is -0.120. The van der Waals surface area contributed by atoms with Crippen molar-refractivity contribution in [3.8, 4) is 0 Å². The van der Waals surface area contributed by atoms with E-state index in [0.29, 0.717) is 11.3 Å². The number of furan rings is 1. The van der Waals surface area contributed by atoms with Crippen molar-refractivity contribution in [2.75, 3.05) is 5.32 Å². The molecule has 1 aromatic heterocycles. The van der Waals surface area contributed by atoms with E-state index in [0.717, 1.165) is 16.7 Å². The lowest BCUT2D eigenvalue weighted by Crippen LogP contribution is -2.11. The van der Waals surface area contributed by atoms with Gasteiger partial charge < -0.3 is 9.73 Å². The highest BCUT2D eigenvalue weighted by atomic mass is 32.2. The first kappa shape index (κ1) is 15.2. The van der Waals surface area contributed by atoms with E-state index in [9.17, 15) is 4.79 Å². The van der Waals surface area contributed by atoms with Crippen LogP contribution in [0.3, 0.4) is 0 Å². The van der Waals surface area contributed by atoms with Gasteiger partial charge in [-0.3, -0.25) is 4.79 Å². The molecule has 116 valence electrons. The maximum atomic E-state index is 12.2. The Bertz CT molecular complexity index is 654. The van der Waals surface area contributed by atoms with E-state index in [2.05, 4.69) is 17.4 Å². The van der Waals surface area contributed by atoms with Crippen molar-refractivity contribution in [3.05, 3.63) is 47.4 Å². The second-order valence-electron chi connectivity index (χ2n) is 5.83. The smallest absolute Gasteiger partial charge is 0.259 e. The first-order valence-corrected chi connectivity index (χ1v) is 8.65. The fraction of sp³-hybridized carbons (Fsp3) is 0.389. The van der Waals surface area contributed by atoms with E-state index in [1.54, 1.807) is 6.07 Å². The first-order chi connectivity index (χ1) is 10.6. The molecule has 0 bridgehead atoms. The molecule has 0 spiro atoms. The summed E-state index contributed by atoms with van der Waals surface area (Å²) in [7, 11) is 0. The van der Waals surface area contributed by atoms with Gasteiger partial charge in [0, 0.05) is 15.8 Å². The molecule has 22 heavy (non-hydrogen) atoms. The van der Waals surface area contributed by atoms with E-state index in [4.69, 9.17) is 4.42 Å². The monoisotopic (exact) mass is 315 g/mol. The Labute approximate surface area is 135 Å². The number of carbonyl (C=O) groups excluding carboxylic acids is 1. The van der Waals surface area contributed by atoms with Crippen molar-refractivity contribution in [2.45, 2.75) is 49.7 Å². The molecule has 1 saturated carbocycles. The summed E-state index contributed by atoms with van der Waals surface area (Å²) in [5, 5.41) is 3.69. The van der Waals surface area contributed by atoms with Crippen LogP contribution in [0.15, 0.2) is 39.6 Å². The lowest BCUT2D eigenvalue weighted by molar-refractivity contribution is 0.102. The zero-order chi connectivity index (χ0) is 15.5. The van der Waals surface area contributed by atoms with Crippen LogP contribution in [0.4, 0.5) is 5.69 Å². The van der Waals surface area contributed by atoms with Gasteiger partial charge >= 0.3 is 0 Å². The second-order valence-corrected chi connectivity index (χ2v) is 7.20. The van der Waals surface area contributed by atoms with Crippen LogP contribution in [-0.2, 0) is 0 Å². The molecule has 1 amide bonds. The molecule has 0 aliphatic heterocycles. The molecular weight excluding hydrogens is 294 g/mol. The number of rotatable bonds is 4. The van der Waals surface area contributed by atoms with Crippen molar-refractivity contribution in [1.29, 1.82) is 0 Å². The Morgan fingerprint density at radius 1 is 1.18 bits per heavy atom. The molecule has 1 fully saturated rings. The van der Waals surface area contributed by atoms with Gasteiger partial charge in [-0.2, -0.15) is 0 Å². The number of nitrogens with one attached hydrogen (secondary N) is 1. The van der Waals surface area contributed by atoms with Crippen molar-refractivity contribution in [1.82, 2.24) is 0 Å². The van der Waals surface area contributed by atoms with Crippen LogP contribution in [0, 0.1) is 13.8 Å². The van der Waals surface area contributed by atoms with Crippen LogP contribution >= 0.6 is 11.8 Å². The molecule has 1 heterocycles. The number of anilines is 1. The number of carbonyl (C=O) groups is 1. The molecule has 1 aromatic carbocycles. The number of hydrogen-bond acceptors (Lipinski definition) is 3. The first-order valence-electron chi connectivity index (χ1n) is 7.77. The van der Waals surface area contributed by atoms with Gasteiger partial charge in [-0.05, 0) is 57.0 Å². The topological polar surface area (TPSA) is 42.2 Å². The summed E-state index contributed by atoms with van der Waals surface area (Å²) in [6.45, 7) is 3.65. The van der Waals surface area contributed by atoms with Gasteiger partial charge in [-0.1, -0.05) is 12.8 Å². The van der Waals surface area contributed by atoms with Crippen LogP contribution in [0.5, 0.6) is 0 Å². The van der Waals surface area contributed by atoms with Gasteiger partial charge in [0.2, 0.25) is 0 Å². The summed E-state index contributed by atoms with van der Waals surface area (Å²) < 4.78 is 5.40. The molecule has 1 aliphatic rings. The Morgan fingerprint density at radius 2 is 1.86 bits per heavy atom. The fourth-order valence-corrected chi connectivity index (χ4v) is 4.12. The molecule has 1 aliphatic carbocycles. The van der Waals surface area contributed by atoms with Crippen LogP contribution in [0.25, 0.3) is 0 Å². The predicted octanol–water partition coefficient (Wildman–Crippen LogP) is 5.18. The lowest BCUT2D eigenvalue weighted by atomic mass is 10.2. The Hall–Kier alpha value is -1.68. The molecule has 0 unspecified atom stereocenters. The highest BCUT2D eigenvalue weighted by molar-refractivity contribution is 8.00. The second kappa shape index (κ2) is 6.61. The van der Waals surface area contributed by atoms with E-state index < -0.39 is 0 Å². The van der Waals surface area contributed by atoms with Crippen LogP contribution in [0.2, 0.25) is 0 Å². The molecular formula is C18H21NO2S. The summed E-state index contributed by atoms with van der Waals surface area (Å²) in [5.74, 6) is 1.29. The Kier molecular flexibility index (Phi) is 4.57. The number of thioether (sulfide) groups is 1. The van der Waals surface area contributed by atoms with Crippen molar-refractivity contribution < 1.29 is 9.21 Å². The average molecular weight is 315 g/mol. The summed E-state index contributed by atoms with van der Waals surface area (Å²) in [4.78, 5) is 13.5.